The van der Waals surface area contributed by atoms with E-state index in [1.165, 1.54) is 24.3 Å². The highest BCUT2D eigenvalue weighted by molar-refractivity contribution is 5.36. The summed E-state index contributed by atoms with van der Waals surface area (Å²) in [6.07, 6.45) is -12.3. The van der Waals surface area contributed by atoms with E-state index < -0.39 is 73.4 Å². The van der Waals surface area contributed by atoms with Crippen molar-refractivity contribution in [1.82, 2.24) is 0 Å². The second-order valence-electron chi connectivity index (χ2n) is 7.26. The molecule has 13 heteroatoms. The Morgan fingerprint density at radius 3 is 2.19 bits per heavy atom. The van der Waals surface area contributed by atoms with Gasteiger partial charge >= 0.3 is 0 Å². The molecule has 0 saturated carbocycles. The molecule has 2 fully saturated rings. The first-order valence-electron chi connectivity index (χ1n) is 9.56. The molecule has 2 saturated heterocycles. The van der Waals surface area contributed by atoms with Gasteiger partial charge in [0.1, 0.15) is 42.4 Å². The largest absolute Gasteiger partial charge is 0.465 e. The molecule has 9 atom stereocenters. The number of aliphatic hydroxyl groups is 6. The highest BCUT2D eigenvalue weighted by Crippen LogP contribution is 2.30. The summed E-state index contributed by atoms with van der Waals surface area (Å²) >= 11 is 0. The molecule has 2 aliphatic rings. The van der Waals surface area contributed by atoms with Gasteiger partial charge in [-0.2, -0.15) is 0 Å². The number of non-ortho nitro benzene ring substituents is 1. The van der Waals surface area contributed by atoms with E-state index in [9.17, 15) is 40.8 Å². The quantitative estimate of drug-likeness (QED) is 0.192. The van der Waals surface area contributed by atoms with Crippen LogP contribution in [-0.4, -0.2) is 104 Å². The van der Waals surface area contributed by atoms with Gasteiger partial charge in [-0.3, -0.25) is 10.1 Å². The molecule has 9 unspecified atom stereocenters. The fraction of sp³-hybridized carbons (Fsp3) is 0.667. The van der Waals surface area contributed by atoms with E-state index >= 15 is 0 Å². The summed E-state index contributed by atoms with van der Waals surface area (Å²) < 4.78 is 21.9. The topological polar surface area (TPSA) is 201 Å². The molecular formula is C18H25NO12. The number of nitro groups is 1. The van der Waals surface area contributed by atoms with Crippen LogP contribution >= 0.6 is 0 Å². The molecule has 2 aliphatic heterocycles. The van der Waals surface area contributed by atoms with Crippen molar-refractivity contribution >= 4 is 5.69 Å². The van der Waals surface area contributed by atoms with Crippen LogP contribution in [0.15, 0.2) is 24.3 Å². The minimum absolute atomic E-state index is 0.115. The fourth-order valence-corrected chi connectivity index (χ4v) is 3.44. The van der Waals surface area contributed by atoms with Gasteiger partial charge in [-0.15, -0.1) is 0 Å². The van der Waals surface area contributed by atoms with Crippen molar-refractivity contribution in [3.8, 4) is 5.75 Å². The molecule has 174 valence electrons. The summed E-state index contributed by atoms with van der Waals surface area (Å²) in [4.78, 5) is 10.2. The normalized spacial score (nSPS) is 38.6. The van der Waals surface area contributed by atoms with E-state index in [0.717, 1.165) is 0 Å². The lowest BCUT2D eigenvalue weighted by Gasteiger charge is -2.44. The molecular weight excluding hydrogens is 422 g/mol. The van der Waals surface area contributed by atoms with Gasteiger partial charge in [-0.1, -0.05) is 0 Å². The maximum atomic E-state index is 10.7. The monoisotopic (exact) mass is 447 g/mol. The summed E-state index contributed by atoms with van der Waals surface area (Å²) in [7, 11) is 0. The molecule has 0 amide bonds. The Hall–Kier alpha value is -1.94. The van der Waals surface area contributed by atoms with Gasteiger partial charge in [-0.25, -0.2) is 0 Å². The standard InChI is InChI=1S/C18H25NO12/c20-6-11-14(23)15(24)16(25)18(30-11)31-17-10(22)5-13(29-12(17)7-21)28-9-3-1-8(2-4-9)19(26)27/h1-4,10-18,20-25H,5-7H2. The predicted octanol–water partition coefficient (Wildman–Crippen LogP) is -2.37. The molecule has 0 aliphatic carbocycles. The Labute approximate surface area is 176 Å². The van der Waals surface area contributed by atoms with Crippen LogP contribution in [-0.2, 0) is 14.2 Å². The molecule has 13 nitrogen and oxygen atoms in total. The van der Waals surface area contributed by atoms with Gasteiger partial charge in [0.25, 0.3) is 5.69 Å². The third-order valence-corrected chi connectivity index (χ3v) is 5.14. The van der Waals surface area contributed by atoms with Crippen LogP contribution in [0, 0.1) is 10.1 Å². The molecule has 6 N–H and O–H groups in total. The minimum Gasteiger partial charge on any atom is -0.465 e. The van der Waals surface area contributed by atoms with E-state index in [2.05, 4.69) is 0 Å². The van der Waals surface area contributed by atoms with Gasteiger partial charge in [-0.05, 0) is 12.1 Å². The molecule has 0 radical (unpaired) electrons. The van der Waals surface area contributed by atoms with Crippen LogP contribution in [0.3, 0.4) is 0 Å². The SMILES string of the molecule is O=[N+]([O-])c1ccc(OC2CC(O)C(OC3OC(CO)C(O)C(O)C3O)C(CO)O2)cc1. The number of hydrogen-bond acceptors (Lipinski definition) is 12. The van der Waals surface area contributed by atoms with E-state index in [1.54, 1.807) is 0 Å². The van der Waals surface area contributed by atoms with Crippen molar-refractivity contribution < 1.29 is 54.5 Å². The van der Waals surface area contributed by atoms with Gasteiger partial charge < -0.3 is 49.6 Å². The Morgan fingerprint density at radius 1 is 0.968 bits per heavy atom. The number of benzene rings is 1. The Morgan fingerprint density at radius 2 is 1.61 bits per heavy atom. The summed E-state index contributed by atoms with van der Waals surface area (Å²) in [5, 5.41) is 70.0. The third kappa shape index (κ3) is 5.28. The minimum atomic E-state index is -1.68. The first kappa shape index (κ1) is 23.7. The Kier molecular flexibility index (Phi) is 7.74. The second-order valence-corrected chi connectivity index (χ2v) is 7.26. The van der Waals surface area contributed by atoms with Crippen molar-refractivity contribution in [2.24, 2.45) is 0 Å². The van der Waals surface area contributed by atoms with Crippen LogP contribution in [0.2, 0.25) is 0 Å². The summed E-state index contributed by atoms with van der Waals surface area (Å²) in [6.45, 7) is -1.25. The van der Waals surface area contributed by atoms with Gasteiger partial charge in [0.05, 0.1) is 24.2 Å². The average molecular weight is 447 g/mol. The highest BCUT2D eigenvalue weighted by atomic mass is 16.7. The number of nitro benzene ring substituents is 1. The zero-order valence-electron chi connectivity index (χ0n) is 16.2. The fourth-order valence-electron chi connectivity index (χ4n) is 3.44. The highest BCUT2D eigenvalue weighted by Gasteiger charge is 2.48. The lowest BCUT2D eigenvalue weighted by molar-refractivity contribution is -0.384. The van der Waals surface area contributed by atoms with E-state index in [0.29, 0.717) is 0 Å². The lowest BCUT2D eigenvalue weighted by atomic mass is 9.98. The molecule has 3 rings (SSSR count). The van der Waals surface area contributed by atoms with Crippen LogP contribution in [0.4, 0.5) is 5.69 Å². The average Bonchev–Trinajstić information content (AvgIpc) is 2.75. The molecule has 2 heterocycles. The van der Waals surface area contributed by atoms with E-state index in [1.807, 2.05) is 0 Å². The zero-order valence-corrected chi connectivity index (χ0v) is 16.2. The van der Waals surface area contributed by atoms with Crippen molar-refractivity contribution in [3.05, 3.63) is 34.4 Å². The number of rotatable bonds is 7. The number of hydrogen-bond donors (Lipinski definition) is 6. The number of nitrogens with zero attached hydrogens (tertiary/aromatic N) is 1. The maximum absolute atomic E-state index is 10.7. The van der Waals surface area contributed by atoms with Crippen LogP contribution in [0.5, 0.6) is 5.75 Å². The molecule has 0 bridgehead atoms. The van der Waals surface area contributed by atoms with Gasteiger partial charge in [0, 0.05) is 18.6 Å². The van der Waals surface area contributed by atoms with Gasteiger partial charge in [0.15, 0.2) is 6.29 Å². The van der Waals surface area contributed by atoms with Gasteiger partial charge in [0.2, 0.25) is 6.29 Å². The number of aliphatic hydroxyl groups excluding tert-OH is 6. The number of ether oxygens (including phenoxy) is 4. The van der Waals surface area contributed by atoms with Crippen molar-refractivity contribution in [2.75, 3.05) is 13.2 Å². The van der Waals surface area contributed by atoms with Crippen LogP contribution in [0.1, 0.15) is 6.42 Å². The maximum Gasteiger partial charge on any atom is 0.269 e. The molecule has 1 aromatic rings. The van der Waals surface area contributed by atoms with E-state index in [-0.39, 0.29) is 17.9 Å². The zero-order chi connectivity index (χ0) is 22.7. The van der Waals surface area contributed by atoms with Crippen molar-refractivity contribution in [3.63, 3.8) is 0 Å². The van der Waals surface area contributed by atoms with Crippen molar-refractivity contribution in [2.45, 2.75) is 61.7 Å². The summed E-state index contributed by atoms with van der Waals surface area (Å²) in [5.74, 6) is 0.243. The smallest absolute Gasteiger partial charge is 0.269 e. The van der Waals surface area contributed by atoms with Crippen LogP contribution < -0.4 is 4.74 Å². The second kappa shape index (κ2) is 10.1. The first-order chi connectivity index (χ1) is 14.7. The Balaban J connectivity index is 1.64. The molecule has 1 aromatic carbocycles. The Bertz CT molecular complexity index is 731. The lowest BCUT2D eigenvalue weighted by Crippen LogP contribution is -2.62. The molecule has 0 spiro atoms. The van der Waals surface area contributed by atoms with E-state index in [4.69, 9.17) is 18.9 Å². The third-order valence-electron chi connectivity index (χ3n) is 5.14. The summed E-state index contributed by atoms with van der Waals surface area (Å²) in [6, 6.07) is 5.20. The van der Waals surface area contributed by atoms with Crippen molar-refractivity contribution in [1.29, 1.82) is 0 Å². The molecule has 0 aromatic heterocycles. The summed E-state index contributed by atoms with van der Waals surface area (Å²) in [5.41, 5.74) is -0.127. The first-order valence-corrected chi connectivity index (χ1v) is 9.56. The molecule has 31 heavy (non-hydrogen) atoms. The van der Waals surface area contributed by atoms with Crippen LogP contribution in [0.25, 0.3) is 0 Å². The predicted molar refractivity (Wildman–Crippen MR) is 98.7 cm³/mol.